The first-order valence-electron chi connectivity index (χ1n) is 7.38. The Kier molecular flexibility index (Phi) is 5.80. The highest BCUT2D eigenvalue weighted by atomic mass is 16.6. The van der Waals surface area contributed by atoms with Gasteiger partial charge in [-0.3, -0.25) is 10.1 Å². The Morgan fingerprint density at radius 3 is 2.76 bits per heavy atom. The smallest absolute Gasteiger partial charge is 0.296 e. The Labute approximate surface area is 124 Å². The fraction of sp³-hybridized carbons (Fsp3) is 0.600. The topological polar surface area (TPSA) is 73.6 Å². The van der Waals surface area contributed by atoms with Crippen LogP contribution in [0, 0.1) is 10.1 Å². The van der Waals surface area contributed by atoms with Crippen molar-refractivity contribution in [3.63, 3.8) is 0 Å². The lowest BCUT2D eigenvalue weighted by Crippen LogP contribution is -2.20. The first kappa shape index (κ1) is 15.6. The van der Waals surface area contributed by atoms with E-state index in [2.05, 4.69) is 5.32 Å². The summed E-state index contributed by atoms with van der Waals surface area (Å²) in [6, 6.07) is 4.79. The van der Waals surface area contributed by atoms with Gasteiger partial charge in [-0.25, -0.2) is 0 Å². The van der Waals surface area contributed by atoms with Crippen LogP contribution in [0.25, 0.3) is 0 Å². The van der Waals surface area contributed by atoms with Gasteiger partial charge in [0.05, 0.1) is 30.8 Å². The van der Waals surface area contributed by atoms with Crippen molar-refractivity contribution in [2.75, 3.05) is 25.6 Å². The third-order valence-electron chi connectivity index (χ3n) is 3.72. The maximum absolute atomic E-state index is 11.0. The number of rotatable bonds is 7. The number of benzene rings is 1. The minimum atomic E-state index is -0.410. The Morgan fingerprint density at radius 1 is 1.33 bits per heavy atom. The van der Waals surface area contributed by atoms with Crippen molar-refractivity contribution in [2.24, 2.45) is 0 Å². The molecule has 0 radical (unpaired) electrons. The summed E-state index contributed by atoms with van der Waals surface area (Å²) >= 11 is 0. The van der Waals surface area contributed by atoms with Crippen molar-refractivity contribution in [1.82, 2.24) is 0 Å². The number of methoxy groups -OCH3 is 1. The van der Waals surface area contributed by atoms with Crippen LogP contribution in [0.5, 0.6) is 5.75 Å². The van der Waals surface area contributed by atoms with Crippen molar-refractivity contribution < 1.29 is 14.4 Å². The summed E-state index contributed by atoms with van der Waals surface area (Å²) in [4.78, 5) is 10.6. The predicted molar refractivity (Wildman–Crippen MR) is 81.0 cm³/mol. The van der Waals surface area contributed by atoms with Crippen LogP contribution in [0.3, 0.4) is 0 Å². The molecule has 2 rings (SSSR count). The standard InChI is InChI=1S/C15H22N2O4/c1-20-13-7-8-14(15(11-13)17(18)19)16-9-10-21-12-5-3-2-4-6-12/h7-8,11-12,16H,2-6,9-10H2,1H3. The molecule has 1 aliphatic rings. The van der Waals surface area contributed by atoms with E-state index in [9.17, 15) is 10.1 Å². The predicted octanol–water partition coefficient (Wildman–Crippen LogP) is 3.36. The second-order valence-corrected chi connectivity index (χ2v) is 5.20. The number of hydrogen-bond donors (Lipinski definition) is 1. The molecule has 0 heterocycles. The Hall–Kier alpha value is -1.82. The lowest BCUT2D eigenvalue weighted by atomic mass is 9.98. The molecule has 1 aromatic rings. The quantitative estimate of drug-likeness (QED) is 0.474. The summed E-state index contributed by atoms with van der Waals surface area (Å²) in [5, 5.41) is 14.1. The van der Waals surface area contributed by atoms with Crippen LogP contribution in [0.1, 0.15) is 32.1 Å². The van der Waals surface area contributed by atoms with Gasteiger partial charge in [0.1, 0.15) is 11.4 Å². The van der Waals surface area contributed by atoms with Gasteiger partial charge in [0, 0.05) is 6.54 Å². The summed E-state index contributed by atoms with van der Waals surface area (Å²) < 4.78 is 10.8. The van der Waals surface area contributed by atoms with Crippen LogP contribution < -0.4 is 10.1 Å². The van der Waals surface area contributed by atoms with Gasteiger partial charge in [-0.05, 0) is 25.0 Å². The first-order valence-corrected chi connectivity index (χ1v) is 7.38. The molecular weight excluding hydrogens is 272 g/mol. The number of nitro benzene ring substituents is 1. The molecule has 21 heavy (non-hydrogen) atoms. The average molecular weight is 294 g/mol. The van der Waals surface area contributed by atoms with Gasteiger partial charge in [-0.1, -0.05) is 19.3 Å². The number of nitrogens with one attached hydrogen (secondary N) is 1. The normalized spacial score (nSPS) is 15.7. The molecule has 1 aromatic carbocycles. The highest BCUT2D eigenvalue weighted by Crippen LogP contribution is 2.28. The molecule has 0 aliphatic heterocycles. The fourth-order valence-electron chi connectivity index (χ4n) is 2.58. The lowest BCUT2D eigenvalue weighted by molar-refractivity contribution is -0.384. The summed E-state index contributed by atoms with van der Waals surface area (Å²) in [5.74, 6) is 0.478. The van der Waals surface area contributed by atoms with E-state index >= 15 is 0 Å². The summed E-state index contributed by atoms with van der Waals surface area (Å²) in [7, 11) is 1.49. The highest BCUT2D eigenvalue weighted by Gasteiger charge is 2.16. The van der Waals surface area contributed by atoms with E-state index in [1.165, 1.54) is 32.4 Å². The van der Waals surface area contributed by atoms with Crippen LogP contribution in [0.15, 0.2) is 18.2 Å². The van der Waals surface area contributed by atoms with E-state index in [4.69, 9.17) is 9.47 Å². The fourth-order valence-corrected chi connectivity index (χ4v) is 2.58. The molecule has 1 saturated carbocycles. The van der Waals surface area contributed by atoms with Crippen molar-refractivity contribution in [2.45, 2.75) is 38.2 Å². The van der Waals surface area contributed by atoms with E-state index in [1.54, 1.807) is 12.1 Å². The Bertz CT molecular complexity index is 473. The number of hydrogen-bond acceptors (Lipinski definition) is 5. The van der Waals surface area contributed by atoms with Gasteiger partial charge < -0.3 is 14.8 Å². The summed E-state index contributed by atoms with van der Waals surface area (Å²) in [6.45, 7) is 1.12. The van der Waals surface area contributed by atoms with Gasteiger partial charge in [-0.2, -0.15) is 0 Å². The van der Waals surface area contributed by atoms with Crippen molar-refractivity contribution in [3.05, 3.63) is 28.3 Å². The summed E-state index contributed by atoms with van der Waals surface area (Å²) in [5.41, 5.74) is 0.514. The van der Waals surface area contributed by atoms with Gasteiger partial charge in [0.15, 0.2) is 0 Å². The van der Waals surface area contributed by atoms with Gasteiger partial charge in [-0.15, -0.1) is 0 Å². The first-order chi connectivity index (χ1) is 10.2. The van der Waals surface area contributed by atoms with Crippen LogP contribution in [0.2, 0.25) is 0 Å². The van der Waals surface area contributed by atoms with Crippen molar-refractivity contribution in [1.29, 1.82) is 0 Å². The van der Waals surface area contributed by atoms with Crippen LogP contribution in [-0.4, -0.2) is 31.3 Å². The lowest BCUT2D eigenvalue weighted by Gasteiger charge is -2.22. The molecule has 6 nitrogen and oxygen atoms in total. The third kappa shape index (κ3) is 4.60. The van der Waals surface area contributed by atoms with Crippen LogP contribution in [0.4, 0.5) is 11.4 Å². The number of anilines is 1. The van der Waals surface area contributed by atoms with E-state index in [1.807, 2.05) is 0 Å². The molecule has 0 bridgehead atoms. The maximum Gasteiger partial charge on any atom is 0.296 e. The minimum absolute atomic E-state index is 0.0204. The number of nitro groups is 1. The van der Waals surface area contributed by atoms with E-state index in [0.29, 0.717) is 30.7 Å². The number of ether oxygens (including phenoxy) is 2. The minimum Gasteiger partial charge on any atom is -0.496 e. The maximum atomic E-state index is 11.0. The Morgan fingerprint density at radius 2 is 2.10 bits per heavy atom. The monoisotopic (exact) mass is 294 g/mol. The molecule has 0 unspecified atom stereocenters. The Balaban J connectivity index is 1.83. The van der Waals surface area contributed by atoms with Crippen LogP contribution in [-0.2, 0) is 4.74 Å². The van der Waals surface area contributed by atoms with E-state index < -0.39 is 4.92 Å². The molecule has 0 atom stereocenters. The SMILES string of the molecule is COc1ccc(NCCOC2CCCCC2)c([N+](=O)[O-])c1. The zero-order chi connectivity index (χ0) is 15.1. The van der Waals surface area contributed by atoms with Gasteiger partial charge in [0.2, 0.25) is 0 Å². The zero-order valence-electron chi connectivity index (χ0n) is 12.3. The molecule has 6 heteroatoms. The molecule has 0 spiro atoms. The average Bonchev–Trinajstić information content (AvgIpc) is 2.52. The molecule has 1 fully saturated rings. The summed E-state index contributed by atoms with van der Waals surface area (Å²) in [6.07, 6.45) is 6.39. The molecule has 116 valence electrons. The van der Waals surface area contributed by atoms with E-state index in [-0.39, 0.29) is 5.69 Å². The second-order valence-electron chi connectivity index (χ2n) is 5.20. The van der Waals surface area contributed by atoms with Crippen LogP contribution >= 0.6 is 0 Å². The van der Waals surface area contributed by atoms with Gasteiger partial charge >= 0.3 is 0 Å². The molecule has 0 aromatic heterocycles. The van der Waals surface area contributed by atoms with E-state index in [0.717, 1.165) is 12.8 Å². The molecule has 0 saturated heterocycles. The third-order valence-corrected chi connectivity index (χ3v) is 3.72. The highest BCUT2D eigenvalue weighted by molar-refractivity contribution is 5.63. The van der Waals surface area contributed by atoms with Crippen molar-refractivity contribution >= 4 is 11.4 Å². The molecule has 1 aliphatic carbocycles. The molecular formula is C15H22N2O4. The van der Waals surface area contributed by atoms with Crippen molar-refractivity contribution in [3.8, 4) is 5.75 Å². The molecule has 0 amide bonds. The zero-order valence-corrected chi connectivity index (χ0v) is 12.3. The largest absolute Gasteiger partial charge is 0.496 e. The number of nitrogens with zero attached hydrogens (tertiary/aromatic N) is 1. The molecule has 1 N–H and O–H groups in total. The van der Waals surface area contributed by atoms with Gasteiger partial charge in [0.25, 0.3) is 5.69 Å². The second kappa shape index (κ2) is 7.83.